The number of rotatable bonds is 3. The molecule has 0 saturated carbocycles. The molecule has 3 rings (SSSR count). The first-order valence-corrected chi connectivity index (χ1v) is 9.06. The second-order valence-corrected chi connectivity index (χ2v) is 6.95. The molecule has 0 radical (unpaired) electrons. The highest BCUT2D eigenvalue weighted by Crippen LogP contribution is 2.32. The molecular weight excluding hydrogens is 345 g/mol. The third-order valence-corrected chi connectivity index (χ3v) is 5.34. The highest BCUT2D eigenvalue weighted by Gasteiger charge is 2.31. The molecule has 128 valence electrons. The Labute approximate surface area is 152 Å². The maximum Gasteiger partial charge on any atom is 0.230 e. The van der Waals surface area contributed by atoms with Crippen LogP contribution in [0, 0.1) is 11.8 Å². The van der Waals surface area contributed by atoms with Crippen molar-refractivity contribution in [1.82, 2.24) is 10.2 Å². The van der Waals surface area contributed by atoms with E-state index in [0.29, 0.717) is 10.0 Å². The van der Waals surface area contributed by atoms with E-state index in [9.17, 15) is 4.79 Å². The van der Waals surface area contributed by atoms with Crippen LogP contribution in [-0.2, 0) is 4.79 Å². The van der Waals surface area contributed by atoms with E-state index in [0.717, 1.165) is 43.9 Å². The number of benzene rings is 1. The Bertz CT molecular complexity index is 681. The van der Waals surface area contributed by atoms with E-state index in [1.165, 1.54) is 0 Å². The molecule has 2 aliphatic rings. The summed E-state index contributed by atoms with van der Waals surface area (Å²) in [4.78, 5) is 19.5. The molecule has 2 atom stereocenters. The molecule has 1 aromatic rings. The van der Waals surface area contributed by atoms with E-state index in [2.05, 4.69) is 17.2 Å². The summed E-state index contributed by atoms with van der Waals surface area (Å²) < 4.78 is 0. The number of aliphatic imine (C=N–C) groups is 1. The second kappa shape index (κ2) is 7.68. The molecule has 0 bridgehead atoms. The van der Waals surface area contributed by atoms with E-state index in [-0.39, 0.29) is 17.7 Å². The van der Waals surface area contributed by atoms with Crippen molar-refractivity contribution < 1.29 is 4.79 Å². The van der Waals surface area contributed by atoms with Gasteiger partial charge in [-0.3, -0.25) is 9.79 Å². The zero-order chi connectivity index (χ0) is 17.1. The largest absolute Gasteiger partial charge is 0.340 e. The quantitative estimate of drug-likeness (QED) is 0.890. The lowest BCUT2D eigenvalue weighted by molar-refractivity contribution is -0.135. The van der Waals surface area contributed by atoms with Gasteiger partial charge in [-0.25, -0.2) is 0 Å². The molecule has 0 aliphatic carbocycles. The SMILES string of the molecule is CCC1C=NC(c2ccc(Cl)c(Cl)c2)=CC1C(=O)N1CCNCC1. The second-order valence-electron chi connectivity index (χ2n) is 6.13. The fourth-order valence-electron chi connectivity index (χ4n) is 3.14. The maximum atomic E-state index is 13.0. The highest BCUT2D eigenvalue weighted by molar-refractivity contribution is 6.42. The fraction of sp³-hybridized carbons (Fsp3) is 0.444. The number of hydrogen-bond acceptors (Lipinski definition) is 3. The van der Waals surface area contributed by atoms with Crippen LogP contribution in [0.3, 0.4) is 0 Å². The number of carbonyl (C=O) groups excluding carboxylic acids is 1. The van der Waals surface area contributed by atoms with Crippen LogP contribution >= 0.6 is 23.2 Å². The lowest BCUT2D eigenvalue weighted by Gasteiger charge is -2.33. The van der Waals surface area contributed by atoms with Gasteiger partial charge in [0, 0.05) is 43.9 Å². The standard InChI is InChI=1S/C18H21Cl2N3O/c1-2-12-11-22-17(13-3-4-15(19)16(20)9-13)10-14(12)18(24)23-7-5-21-6-8-23/h3-4,9-12,14,21H,2,5-8H2,1H3. The van der Waals surface area contributed by atoms with Crippen molar-refractivity contribution in [3.8, 4) is 0 Å². The molecule has 1 fully saturated rings. The smallest absolute Gasteiger partial charge is 0.230 e. The van der Waals surface area contributed by atoms with Crippen molar-refractivity contribution in [2.75, 3.05) is 26.2 Å². The van der Waals surface area contributed by atoms with Crippen LogP contribution < -0.4 is 5.32 Å². The predicted octanol–water partition coefficient (Wildman–Crippen LogP) is 3.49. The normalized spacial score (nSPS) is 24.0. The minimum Gasteiger partial charge on any atom is -0.340 e. The van der Waals surface area contributed by atoms with Gasteiger partial charge in [0.25, 0.3) is 0 Å². The van der Waals surface area contributed by atoms with Crippen LogP contribution in [0.1, 0.15) is 18.9 Å². The monoisotopic (exact) mass is 365 g/mol. The van der Waals surface area contributed by atoms with Crippen LogP contribution in [0.25, 0.3) is 5.70 Å². The number of halogens is 2. The van der Waals surface area contributed by atoms with Crippen molar-refractivity contribution in [1.29, 1.82) is 0 Å². The van der Waals surface area contributed by atoms with Crippen molar-refractivity contribution >= 4 is 41.0 Å². The summed E-state index contributed by atoms with van der Waals surface area (Å²) in [7, 11) is 0. The third kappa shape index (κ3) is 3.66. The van der Waals surface area contributed by atoms with E-state index in [4.69, 9.17) is 23.2 Å². The molecule has 2 heterocycles. The van der Waals surface area contributed by atoms with Crippen molar-refractivity contribution in [3.05, 3.63) is 39.9 Å². The first kappa shape index (κ1) is 17.5. The maximum absolute atomic E-state index is 13.0. The highest BCUT2D eigenvalue weighted by atomic mass is 35.5. The molecule has 0 aromatic heterocycles. The summed E-state index contributed by atoms with van der Waals surface area (Å²) in [6.07, 6.45) is 4.78. The average molecular weight is 366 g/mol. The van der Waals surface area contributed by atoms with Crippen molar-refractivity contribution in [3.63, 3.8) is 0 Å². The summed E-state index contributed by atoms with van der Waals surface area (Å²) in [5.41, 5.74) is 1.67. The van der Waals surface area contributed by atoms with E-state index >= 15 is 0 Å². The van der Waals surface area contributed by atoms with Gasteiger partial charge in [0.05, 0.1) is 21.7 Å². The molecule has 1 N–H and O–H groups in total. The van der Waals surface area contributed by atoms with E-state index in [1.54, 1.807) is 12.1 Å². The Morgan fingerprint density at radius 2 is 2.04 bits per heavy atom. The Hall–Kier alpha value is -1.36. The Balaban J connectivity index is 1.87. The lowest BCUT2D eigenvalue weighted by atomic mass is 9.86. The first-order valence-electron chi connectivity index (χ1n) is 8.31. The molecule has 1 amide bonds. The minimum absolute atomic E-state index is 0.138. The summed E-state index contributed by atoms with van der Waals surface area (Å²) in [6, 6.07) is 5.44. The number of piperazine rings is 1. The van der Waals surface area contributed by atoms with Gasteiger partial charge in [-0.05, 0) is 24.6 Å². The average Bonchev–Trinajstić information content (AvgIpc) is 2.63. The van der Waals surface area contributed by atoms with Gasteiger partial charge in [0.2, 0.25) is 5.91 Å². The van der Waals surface area contributed by atoms with Crippen molar-refractivity contribution in [2.45, 2.75) is 13.3 Å². The molecule has 0 spiro atoms. The van der Waals surface area contributed by atoms with Crippen LogP contribution in [-0.4, -0.2) is 43.2 Å². The molecule has 1 saturated heterocycles. The number of amides is 1. The molecule has 4 nitrogen and oxygen atoms in total. The van der Waals surface area contributed by atoms with Gasteiger partial charge < -0.3 is 10.2 Å². The summed E-state index contributed by atoms with van der Waals surface area (Å²) in [5.74, 6) is 0.154. The zero-order valence-corrected chi connectivity index (χ0v) is 15.1. The number of carbonyl (C=O) groups is 1. The Kier molecular flexibility index (Phi) is 5.59. The molecule has 6 heteroatoms. The zero-order valence-electron chi connectivity index (χ0n) is 13.6. The van der Waals surface area contributed by atoms with Gasteiger partial charge in [-0.15, -0.1) is 0 Å². The van der Waals surface area contributed by atoms with Crippen LogP contribution in [0.2, 0.25) is 10.0 Å². The fourth-order valence-corrected chi connectivity index (χ4v) is 3.44. The van der Waals surface area contributed by atoms with Crippen LogP contribution in [0.5, 0.6) is 0 Å². The van der Waals surface area contributed by atoms with Gasteiger partial charge >= 0.3 is 0 Å². The summed E-state index contributed by atoms with van der Waals surface area (Å²) in [5, 5.41) is 4.29. The van der Waals surface area contributed by atoms with Gasteiger partial charge in [0.15, 0.2) is 0 Å². The summed E-state index contributed by atoms with van der Waals surface area (Å²) >= 11 is 12.1. The van der Waals surface area contributed by atoms with Crippen LogP contribution in [0.4, 0.5) is 0 Å². The van der Waals surface area contributed by atoms with Gasteiger partial charge in [0.1, 0.15) is 0 Å². The van der Waals surface area contributed by atoms with Crippen LogP contribution in [0.15, 0.2) is 29.3 Å². The predicted molar refractivity (Wildman–Crippen MR) is 99.7 cm³/mol. The van der Waals surface area contributed by atoms with Crippen molar-refractivity contribution in [2.24, 2.45) is 16.8 Å². The first-order chi connectivity index (χ1) is 11.6. The van der Waals surface area contributed by atoms with E-state index in [1.807, 2.05) is 23.3 Å². The minimum atomic E-state index is -0.171. The molecular formula is C18H21Cl2N3O. The number of nitrogens with one attached hydrogen (secondary N) is 1. The molecule has 1 aromatic carbocycles. The number of nitrogens with zero attached hydrogens (tertiary/aromatic N) is 2. The van der Waals surface area contributed by atoms with Gasteiger partial charge in [-0.1, -0.05) is 36.2 Å². The Morgan fingerprint density at radius 3 is 2.71 bits per heavy atom. The third-order valence-electron chi connectivity index (χ3n) is 4.60. The Morgan fingerprint density at radius 1 is 1.29 bits per heavy atom. The summed E-state index contributed by atoms with van der Waals surface area (Å²) in [6.45, 7) is 5.32. The topological polar surface area (TPSA) is 44.7 Å². The van der Waals surface area contributed by atoms with Gasteiger partial charge in [-0.2, -0.15) is 0 Å². The molecule has 2 aliphatic heterocycles. The van der Waals surface area contributed by atoms with E-state index < -0.39 is 0 Å². The molecule has 2 unspecified atom stereocenters. The number of hydrogen-bond donors (Lipinski definition) is 1. The lowest BCUT2D eigenvalue weighted by Crippen LogP contribution is -2.49. The molecule has 24 heavy (non-hydrogen) atoms.